The molecule has 1 saturated heterocycles. The maximum atomic E-state index is 13.3. The van der Waals surface area contributed by atoms with Gasteiger partial charge in [-0.3, -0.25) is 4.90 Å². The molecular weight excluding hydrogens is 237 g/mol. The lowest BCUT2D eigenvalue weighted by Gasteiger charge is -2.34. The number of ether oxygens (including phenoxy) is 2. The predicted molar refractivity (Wildman–Crippen MR) is 65.1 cm³/mol. The largest absolute Gasteiger partial charge is 0.494 e. The van der Waals surface area contributed by atoms with Crippen LogP contribution in [0.3, 0.4) is 0 Å². The van der Waals surface area contributed by atoms with E-state index >= 15 is 0 Å². The SMILES string of the molecule is COc1cc(CN2CCOC[C@H]2CO)ccc1F. The highest BCUT2D eigenvalue weighted by Crippen LogP contribution is 2.20. The fourth-order valence-corrected chi connectivity index (χ4v) is 2.10. The fraction of sp³-hybridized carbons (Fsp3) is 0.538. The van der Waals surface area contributed by atoms with Crippen LogP contribution < -0.4 is 4.74 Å². The van der Waals surface area contributed by atoms with Gasteiger partial charge in [-0.25, -0.2) is 4.39 Å². The van der Waals surface area contributed by atoms with Gasteiger partial charge in [-0.1, -0.05) is 6.07 Å². The summed E-state index contributed by atoms with van der Waals surface area (Å²) in [4.78, 5) is 2.14. The predicted octanol–water partition coefficient (Wildman–Crippen LogP) is 1.03. The van der Waals surface area contributed by atoms with Crippen molar-refractivity contribution in [2.75, 3.05) is 33.5 Å². The maximum Gasteiger partial charge on any atom is 0.165 e. The molecule has 1 aromatic rings. The van der Waals surface area contributed by atoms with Gasteiger partial charge in [0.1, 0.15) is 0 Å². The summed E-state index contributed by atoms with van der Waals surface area (Å²) in [5.41, 5.74) is 0.966. The van der Waals surface area contributed by atoms with Crippen LogP contribution in [-0.2, 0) is 11.3 Å². The normalized spacial score (nSPS) is 20.9. The second-order valence-electron chi connectivity index (χ2n) is 4.35. The van der Waals surface area contributed by atoms with E-state index in [9.17, 15) is 9.50 Å². The van der Waals surface area contributed by atoms with Crippen LogP contribution in [0.4, 0.5) is 4.39 Å². The molecule has 5 heteroatoms. The fourth-order valence-electron chi connectivity index (χ4n) is 2.10. The van der Waals surface area contributed by atoms with E-state index in [0.29, 0.717) is 19.8 Å². The Labute approximate surface area is 106 Å². The molecular formula is C13H18FNO3. The number of rotatable bonds is 4. The van der Waals surface area contributed by atoms with Crippen molar-refractivity contribution in [3.63, 3.8) is 0 Å². The van der Waals surface area contributed by atoms with Crippen LogP contribution in [0.2, 0.25) is 0 Å². The van der Waals surface area contributed by atoms with Gasteiger partial charge in [0.15, 0.2) is 11.6 Å². The molecule has 100 valence electrons. The van der Waals surface area contributed by atoms with Gasteiger partial charge in [0.05, 0.1) is 33.0 Å². The van der Waals surface area contributed by atoms with Gasteiger partial charge >= 0.3 is 0 Å². The van der Waals surface area contributed by atoms with Crippen molar-refractivity contribution in [2.45, 2.75) is 12.6 Å². The monoisotopic (exact) mass is 255 g/mol. The van der Waals surface area contributed by atoms with Gasteiger partial charge < -0.3 is 14.6 Å². The first-order chi connectivity index (χ1) is 8.74. The molecule has 1 fully saturated rings. The van der Waals surface area contributed by atoms with E-state index in [-0.39, 0.29) is 24.2 Å². The molecule has 0 saturated carbocycles. The van der Waals surface area contributed by atoms with E-state index in [4.69, 9.17) is 9.47 Å². The van der Waals surface area contributed by atoms with Crippen molar-refractivity contribution in [1.82, 2.24) is 4.90 Å². The van der Waals surface area contributed by atoms with Gasteiger partial charge in [0, 0.05) is 13.1 Å². The summed E-state index contributed by atoms with van der Waals surface area (Å²) in [6.45, 7) is 2.69. The number of hydrogen-bond acceptors (Lipinski definition) is 4. The molecule has 0 radical (unpaired) electrons. The number of hydrogen-bond donors (Lipinski definition) is 1. The molecule has 1 aliphatic rings. The average Bonchev–Trinajstić information content (AvgIpc) is 2.41. The van der Waals surface area contributed by atoms with E-state index in [1.165, 1.54) is 13.2 Å². The topological polar surface area (TPSA) is 41.9 Å². The Hall–Kier alpha value is -1.17. The third-order valence-corrected chi connectivity index (χ3v) is 3.16. The highest BCUT2D eigenvalue weighted by molar-refractivity contribution is 5.30. The Morgan fingerprint density at radius 2 is 2.39 bits per heavy atom. The average molecular weight is 255 g/mol. The van der Waals surface area contributed by atoms with Crippen LogP contribution in [0.1, 0.15) is 5.56 Å². The maximum absolute atomic E-state index is 13.3. The Morgan fingerprint density at radius 3 is 3.11 bits per heavy atom. The molecule has 0 bridgehead atoms. The molecule has 4 nitrogen and oxygen atoms in total. The van der Waals surface area contributed by atoms with Crippen molar-refractivity contribution >= 4 is 0 Å². The molecule has 0 aromatic heterocycles. The zero-order valence-corrected chi connectivity index (χ0v) is 10.4. The van der Waals surface area contributed by atoms with E-state index < -0.39 is 0 Å². The molecule has 18 heavy (non-hydrogen) atoms. The second kappa shape index (κ2) is 6.13. The molecule has 1 atom stereocenters. The number of nitrogens with zero attached hydrogens (tertiary/aromatic N) is 1. The Morgan fingerprint density at radius 1 is 1.56 bits per heavy atom. The minimum absolute atomic E-state index is 0.00907. The molecule has 1 N–H and O–H groups in total. The van der Waals surface area contributed by atoms with Crippen molar-refractivity contribution in [1.29, 1.82) is 0 Å². The number of benzene rings is 1. The van der Waals surface area contributed by atoms with Crippen molar-refractivity contribution in [3.05, 3.63) is 29.6 Å². The Kier molecular flexibility index (Phi) is 4.52. The summed E-state index contributed by atoms with van der Waals surface area (Å²) in [7, 11) is 1.45. The molecule has 2 rings (SSSR count). The molecule has 0 amide bonds. The van der Waals surface area contributed by atoms with Crippen LogP contribution in [-0.4, -0.2) is 49.5 Å². The molecule has 1 heterocycles. The van der Waals surface area contributed by atoms with Crippen LogP contribution in [0.5, 0.6) is 5.75 Å². The van der Waals surface area contributed by atoms with E-state index in [0.717, 1.165) is 12.1 Å². The second-order valence-corrected chi connectivity index (χ2v) is 4.35. The first-order valence-electron chi connectivity index (χ1n) is 5.99. The zero-order chi connectivity index (χ0) is 13.0. The smallest absolute Gasteiger partial charge is 0.165 e. The molecule has 1 aliphatic heterocycles. The van der Waals surface area contributed by atoms with Crippen LogP contribution >= 0.6 is 0 Å². The Balaban J connectivity index is 2.07. The van der Waals surface area contributed by atoms with Gasteiger partial charge in [-0.05, 0) is 17.7 Å². The van der Waals surface area contributed by atoms with E-state index in [2.05, 4.69) is 4.90 Å². The minimum atomic E-state index is -0.359. The van der Waals surface area contributed by atoms with Gasteiger partial charge in [-0.15, -0.1) is 0 Å². The number of methoxy groups -OCH3 is 1. The summed E-state index contributed by atoms with van der Waals surface area (Å²) in [6.07, 6.45) is 0. The number of halogens is 1. The quantitative estimate of drug-likeness (QED) is 0.872. The summed E-state index contributed by atoms with van der Waals surface area (Å²) in [6, 6.07) is 4.85. The standard InChI is InChI=1S/C13H18FNO3/c1-17-13-6-10(2-3-12(13)14)7-15-4-5-18-9-11(15)8-16/h2-3,6,11,16H,4-5,7-9H2,1H3/t11-/m1/s1. The summed E-state index contributed by atoms with van der Waals surface area (Å²) >= 11 is 0. The minimum Gasteiger partial charge on any atom is -0.494 e. The lowest BCUT2D eigenvalue weighted by Crippen LogP contribution is -2.46. The molecule has 1 aromatic carbocycles. The lowest BCUT2D eigenvalue weighted by atomic mass is 10.1. The number of aliphatic hydroxyl groups excluding tert-OH is 1. The molecule has 0 aliphatic carbocycles. The van der Waals surface area contributed by atoms with Gasteiger partial charge in [-0.2, -0.15) is 0 Å². The third-order valence-electron chi connectivity index (χ3n) is 3.16. The van der Waals surface area contributed by atoms with E-state index in [1.54, 1.807) is 12.1 Å². The first kappa shape index (κ1) is 13.3. The van der Waals surface area contributed by atoms with Crippen LogP contribution in [0, 0.1) is 5.82 Å². The lowest BCUT2D eigenvalue weighted by molar-refractivity contribution is -0.0312. The van der Waals surface area contributed by atoms with Crippen molar-refractivity contribution < 1.29 is 19.0 Å². The first-order valence-corrected chi connectivity index (χ1v) is 5.99. The molecule has 0 unspecified atom stereocenters. The van der Waals surface area contributed by atoms with E-state index in [1.807, 2.05) is 0 Å². The summed E-state index contributed by atoms with van der Waals surface area (Å²) in [5, 5.41) is 9.28. The summed E-state index contributed by atoms with van der Waals surface area (Å²) < 4.78 is 23.6. The van der Waals surface area contributed by atoms with Crippen molar-refractivity contribution in [3.8, 4) is 5.75 Å². The number of morpholine rings is 1. The van der Waals surface area contributed by atoms with Crippen LogP contribution in [0.15, 0.2) is 18.2 Å². The van der Waals surface area contributed by atoms with Gasteiger partial charge in [0.25, 0.3) is 0 Å². The number of aliphatic hydroxyl groups is 1. The van der Waals surface area contributed by atoms with Gasteiger partial charge in [0.2, 0.25) is 0 Å². The third kappa shape index (κ3) is 2.98. The van der Waals surface area contributed by atoms with Crippen LogP contribution in [0.25, 0.3) is 0 Å². The Bertz CT molecular complexity index is 400. The molecule has 0 spiro atoms. The summed E-state index contributed by atoms with van der Waals surface area (Å²) in [5.74, 6) is -0.108. The zero-order valence-electron chi connectivity index (χ0n) is 10.4. The van der Waals surface area contributed by atoms with Crippen molar-refractivity contribution in [2.24, 2.45) is 0 Å². The highest BCUT2D eigenvalue weighted by atomic mass is 19.1. The highest BCUT2D eigenvalue weighted by Gasteiger charge is 2.22.